The average molecular weight is 541 g/mol. The molecule has 1 aliphatic heterocycles. The van der Waals surface area contributed by atoms with Crippen molar-refractivity contribution in [3.05, 3.63) is 53.5 Å². The van der Waals surface area contributed by atoms with Gasteiger partial charge in [0.25, 0.3) is 5.91 Å². The van der Waals surface area contributed by atoms with Crippen molar-refractivity contribution < 1.29 is 19.4 Å². The Balaban J connectivity index is 1.84. The molecule has 39 heavy (non-hydrogen) atoms. The molecule has 2 aromatic rings. The number of piperidine rings is 1. The van der Waals surface area contributed by atoms with Crippen molar-refractivity contribution in [2.75, 3.05) is 38.1 Å². The van der Waals surface area contributed by atoms with Gasteiger partial charge in [0.15, 0.2) is 0 Å². The third kappa shape index (κ3) is 8.63. The molecule has 0 aliphatic carbocycles. The van der Waals surface area contributed by atoms with Gasteiger partial charge in [-0.3, -0.25) is 4.79 Å². The number of aliphatic hydroxyl groups excluding tert-OH is 1. The van der Waals surface area contributed by atoms with Crippen LogP contribution in [0.15, 0.2) is 36.5 Å². The lowest BCUT2D eigenvalue weighted by Gasteiger charge is -2.42. The second-order valence-corrected chi connectivity index (χ2v) is 11.7. The molecule has 4 N–H and O–H groups in total. The Morgan fingerprint density at radius 1 is 1.23 bits per heavy atom. The standard InChI is InChI=1S/C29H44N6O4/c1-20(2)16-35(26(37)24-15-32-27(29(3,4)5)33-25(24)31-12-9-13-36)23-14-22(30)17-34(18-23)28(38)39-19-21-10-7-6-8-11-21/h6-8,10-11,15,20,22-23,36H,9,12-14,16-19,30H2,1-5H3,(H,31,32,33)/t22-,23+/m1/s1. The van der Waals surface area contributed by atoms with Crippen LogP contribution in [-0.4, -0.2) is 81.7 Å². The fourth-order valence-corrected chi connectivity index (χ4v) is 4.56. The normalized spacial score (nSPS) is 17.7. The third-order valence-electron chi connectivity index (χ3n) is 6.50. The lowest BCUT2D eigenvalue weighted by molar-refractivity contribution is 0.0401. The maximum atomic E-state index is 14.1. The summed E-state index contributed by atoms with van der Waals surface area (Å²) in [5.41, 5.74) is 7.36. The van der Waals surface area contributed by atoms with E-state index in [1.165, 1.54) is 0 Å². The fraction of sp³-hybridized carbons (Fsp3) is 0.586. The third-order valence-corrected chi connectivity index (χ3v) is 6.50. The van der Waals surface area contributed by atoms with E-state index in [0.29, 0.717) is 56.2 Å². The first-order chi connectivity index (χ1) is 18.5. The molecule has 3 rings (SSSR count). The zero-order valence-electron chi connectivity index (χ0n) is 23.9. The summed E-state index contributed by atoms with van der Waals surface area (Å²) in [6, 6.07) is 8.93. The molecule has 0 unspecified atom stereocenters. The fourth-order valence-electron chi connectivity index (χ4n) is 4.56. The highest BCUT2D eigenvalue weighted by molar-refractivity contribution is 5.98. The van der Waals surface area contributed by atoms with Crippen molar-refractivity contribution in [3.8, 4) is 0 Å². The molecule has 1 fully saturated rings. The minimum atomic E-state index is -0.444. The van der Waals surface area contributed by atoms with Gasteiger partial charge in [-0.25, -0.2) is 14.8 Å². The van der Waals surface area contributed by atoms with E-state index in [4.69, 9.17) is 15.5 Å². The number of aromatic nitrogens is 2. The van der Waals surface area contributed by atoms with Crippen LogP contribution in [0.1, 0.15) is 69.2 Å². The van der Waals surface area contributed by atoms with E-state index in [1.807, 2.05) is 51.1 Å². The Morgan fingerprint density at radius 3 is 2.59 bits per heavy atom. The maximum absolute atomic E-state index is 14.1. The Kier molecular flexibility index (Phi) is 10.7. The molecule has 1 aromatic carbocycles. The molecular weight excluding hydrogens is 496 g/mol. The van der Waals surface area contributed by atoms with Crippen molar-refractivity contribution in [3.63, 3.8) is 0 Å². The second kappa shape index (κ2) is 13.7. The molecule has 10 nitrogen and oxygen atoms in total. The number of aliphatic hydroxyl groups is 1. The predicted molar refractivity (Wildman–Crippen MR) is 151 cm³/mol. The Hall–Kier alpha value is -3.24. The first-order valence-electron chi connectivity index (χ1n) is 13.7. The summed E-state index contributed by atoms with van der Waals surface area (Å²) in [6.45, 7) is 12.0. The average Bonchev–Trinajstić information content (AvgIpc) is 2.89. The number of nitrogens with two attached hydrogens (primary N) is 1. The summed E-state index contributed by atoms with van der Waals surface area (Å²) in [5, 5.41) is 12.5. The van der Waals surface area contributed by atoms with Gasteiger partial charge in [0, 0.05) is 50.4 Å². The molecule has 214 valence electrons. The zero-order valence-corrected chi connectivity index (χ0v) is 23.9. The van der Waals surface area contributed by atoms with Crippen molar-refractivity contribution in [1.29, 1.82) is 0 Å². The molecule has 0 radical (unpaired) electrons. The van der Waals surface area contributed by atoms with Gasteiger partial charge in [0.1, 0.15) is 23.8 Å². The first-order valence-corrected chi connectivity index (χ1v) is 13.7. The molecule has 2 amide bonds. The van der Waals surface area contributed by atoms with Gasteiger partial charge in [-0.2, -0.15) is 0 Å². The second-order valence-electron chi connectivity index (χ2n) is 11.7. The van der Waals surface area contributed by atoms with E-state index in [0.717, 1.165) is 5.56 Å². The first kappa shape index (κ1) is 30.3. The predicted octanol–water partition coefficient (Wildman–Crippen LogP) is 3.41. The van der Waals surface area contributed by atoms with Gasteiger partial charge in [-0.05, 0) is 24.3 Å². The number of amides is 2. The Morgan fingerprint density at radius 2 is 1.95 bits per heavy atom. The highest BCUT2D eigenvalue weighted by atomic mass is 16.6. The van der Waals surface area contributed by atoms with Crippen LogP contribution in [0, 0.1) is 5.92 Å². The molecule has 0 saturated carbocycles. The SMILES string of the molecule is CC(C)CN(C(=O)c1cnc(C(C)(C)C)nc1NCCCO)[C@H]1C[C@@H](N)CN(C(=O)OCc2ccccc2)C1. The molecule has 1 saturated heterocycles. The van der Waals surface area contributed by atoms with Crippen molar-refractivity contribution in [2.45, 2.75) is 71.6 Å². The Labute approximate surface area is 231 Å². The van der Waals surface area contributed by atoms with E-state index in [2.05, 4.69) is 24.1 Å². The lowest BCUT2D eigenvalue weighted by Crippen LogP contribution is -2.58. The summed E-state index contributed by atoms with van der Waals surface area (Å²) in [5.74, 6) is 1.04. The molecular formula is C29H44N6O4. The quantitative estimate of drug-likeness (QED) is 0.391. The number of benzene rings is 1. The summed E-state index contributed by atoms with van der Waals surface area (Å²) in [7, 11) is 0. The van der Waals surface area contributed by atoms with Crippen LogP contribution in [0.25, 0.3) is 0 Å². The minimum absolute atomic E-state index is 0.0309. The minimum Gasteiger partial charge on any atom is -0.445 e. The van der Waals surface area contributed by atoms with Gasteiger partial charge in [-0.15, -0.1) is 0 Å². The van der Waals surface area contributed by atoms with Crippen molar-refractivity contribution >= 4 is 17.8 Å². The van der Waals surface area contributed by atoms with Crippen LogP contribution in [0.5, 0.6) is 0 Å². The van der Waals surface area contributed by atoms with E-state index >= 15 is 0 Å². The number of carbonyl (C=O) groups is 2. The van der Waals surface area contributed by atoms with Crippen LogP contribution in [0.3, 0.4) is 0 Å². The van der Waals surface area contributed by atoms with Gasteiger partial charge < -0.3 is 30.7 Å². The summed E-state index contributed by atoms with van der Waals surface area (Å²) < 4.78 is 5.57. The van der Waals surface area contributed by atoms with Gasteiger partial charge in [0.2, 0.25) is 0 Å². The molecule has 10 heteroatoms. The summed E-state index contributed by atoms with van der Waals surface area (Å²) in [4.78, 5) is 39.7. The smallest absolute Gasteiger partial charge is 0.410 e. The number of anilines is 1. The summed E-state index contributed by atoms with van der Waals surface area (Å²) >= 11 is 0. The molecule has 2 atom stereocenters. The number of rotatable bonds is 10. The van der Waals surface area contributed by atoms with E-state index in [1.54, 1.807) is 16.0 Å². The van der Waals surface area contributed by atoms with Crippen molar-refractivity contribution in [1.82, 2.24) is 19.8 Å². The number of hydrogen-bond donors (Lipinski definition) is 3. The Bertz CT molecular complexity index is 1090. The topological polar surface area (TPSA) is 134 Å². The van der Waals surface area contributed by atoms with E-state index < -0.39 is 6.09 Å². The number of likely N-dealkylation sites (tertiary alicyclic amines) is 1. The van der Waals surface area contributed by atoms with Crippen LogP contribution < -0.4 is 11.1 Å². The molecule has 2 heterocycles. The maximum Gasteiger partial charge on any atom is 0.410 e. The highest BCUT2D eigenvalue weighted by Gasteiger charge is 2.36. The van der Waals surface area contributed by atoms with Crippen molar-refractivity contribution in [2.24, 2.45) is 11.7 Å². The van der Waals surface area contributed by atoms with E-state index in [9.17, 15) is 14.7 Å². The van der Waals surface area contributed by atoms with Crippen LogP contribution in [0.2, 0.25) is 0 Å². The van der Waals surface area contributed by atoms with Gasteiger partial charge in [-0.1, -0.05) is 65.0 Å². The number of nitrogens with one attached hydrogen (secondary N) is 1. The van der Waals surface area contributed by atoms with Crippen LogP contribution in [0.4, 0.5) is 10.6 Å². The van der Waals surface area contributed by atoms with Crippen LogP contribution in [-0.2, 0) is 16.8 Å². The molecule has 1 aromatic heterocycles. The zero-order chi connectivity index (χ0) is 28.6. The lowest BCUT2D eigenvalue weighted by atomic mass is 9.95. The monoisotopic (exact) mass is 540 g/mol. The highest BCUT2D eigenvalue weighted by Crippen LogP contribution is 2.25. The number of nitrogens with zero attached hydrogens (tertiary/aromatic N) is 4. The number of ether oxygens (including phenoxy) is 1. The summed E-state index contributed by atoms with van der Waals surface area (Å²) in [6.07, 6.45) is 2.23. The molecule has 0 bridgehead atoms. The molecule has 0 spiro atoms. The van der Waals surface area contributed by atoms with Gasteiger partial charge >= 0.3 is 6.09 Å². The molecule has 1 aliphatic rings. The van der Waals surface area contributed by atoms with Crippen LogP contribution >= 0.6 is 0 Å². The number of hydrogen-bond acceptors (Lipinski definition) is 8. The van der Waals surface area contributed by atoms with E-state index in [-0.39, 0.29) is 42.5 Å². The van der Waals surface area contributed by atoms with Gasteiger partial charge in [0.05, 0.1) is 6.04 Å². The largest absolute Gasteiger partial charge is 0.445 e. The number of carbonyl (C=O) groups excluding carboxylic acids is 2.